The van der Waals surface area contributed by atoms with Gasteiger partial charge in [-0.2, -0.15) is 5.26 Å². The summed E-state index contributed by atoms with van der Waals surface area (Å²) in [6.07, 6.45) is 3.52. The summed E-state index contributed by atoms with van der Waals surface area (Å²) >= 11 is 12.5. The highest BCUT2D eigenvalue weighted by molar-refractivity contribution is 6.33. The van der Waals surface area contributed by atoms with Crippen LogP contribution >= 0.6 is 23.2 Å². The van der Waals surface area contributed by atoms with Gasteiger partial charge in [0.2, 0.25) is 12.4 Å². The fraction of sp³-hybridized carbons (Fsp3) is 0.231. The van der Waals surface area contributed by atoms with Gasteiger partial charge in [0.05, 0.1) is 27.9 Å². The van der Waals surface area contributed by atoms with Crippen molar-refractivity contribution in [2.45, 2.75) is 25.8 Å². The molecule has 1 aliphatic heterocycles. The van der Waals surface area contributed by atoms with E-state index >= 15 is 0 Å². The number of halogens is 2. The summed E-state index contributed by atoms with van der Waals surface area (Å²) in [7, 11) is 0. The van der Waals surface area contributed by atoms with Crippen LogP contribution in [0.2, 0.25) is 10.0 Å². The minimum atomic E-state index is -1.06. The minimum Gasteiger partial charge on any atom is -0.492 e. The zero-order valence-corrected chi connectivity index (χ0v) is 21.1. The lowest BCUT2D eigenvalue weighted by atomic mass is 10.0. The molecule has 0 aliphatic carbocycles. The van der Waals surface area contributed by atoms with Crippen molar-refractivity contribution in [3.63, 3.8) is 0 Å². The minimum absolute atomic E-state index is 0.174. The maximum absolute atomic E-state index is 13.2. The summed E-state index contributed by atoms with van der Waals surface area (Å²) in [6, 6.07) is 14.9. The van der Waals surface area contributed by atoms with E-state index in [1.54, 1.807) is 38.1 Å². The van der Waals surface area contributed by atoms with E-state index in [2.05, 4.69) is 0 Å². The highest BCUT2D eigenvalue weighted by atomic mass is 35.5. The van der Waals surface area contributed by atoms with Crippen LogP contribution in [0.5, 0.6) is 5.75 Å². The van der Waals surface area contributed by atoms with Gasteiger partial charge in [-0.3, -0.25) is 10.0 Å². The van der Waals surface area contributed by atoms with Crippen molar-refractivity contribution in [2.24, 2.45) is 0 Å². The molecule has 8 nitrogen and oxygen atoms in total. The van der Waals surface area contributed by atoms with Crippen LogP contribution in [-0.2, 0) is 4.79 Å². The molecule has 2 aromatic carbocycles. The zero-order valence-electron chi connectivity index (χ0n) is 19.6. The Bertz CT molecular complexity index is 1370. The number of carbonyl (C=O) groups is 2. The maximum atomic E-state index is 13.2. The predicted octanol–water partition coefficient (Wildman–Crippen LogP) is 5.07. The van der Waals surface area contributed by atoms with Crippen molar-refractivity contribution in [3.05, 3.63) is 76.5 Å². The largest absolute Gasteiger partial charge is 0.492 e. The fourth-order valence-electron chi connectivity index (χ4n) is 3.99. The number of aromatic nitrogens is 1. The molecule has 0 unspecified atom stereocenters. The number of pyridine rings is 1. The topological polar surface area (TPSA) is 97.8 Å². The van der Waals surface area contributed by atoms with Crippen molar-refractivity contribution in [2.75, 3.05) is 18.1 Å². The Hall–Kier alpha value is -3.80. The molecular weight excluding hydrogens is 503 g/mol. The number of nitriles is 1. The van der Waals surface area contributed by atoms with Crippen LogP contribution in [-0.4, -0.2) is 40.7 Å². The molecule has 3 aromatic rings. The lowest BCUT2D eigenvalue weighted by Gasteiger charge is -2.27. The molecule has 1 aromatic heterocycles. The van der Waals surface area contributed by atoms with E-state index in [0.717, 1.165) is 20.8 Å². The Kier molecular flexibility index (Phi) is 7.07. The Morgan fingerprint density at radius 1 is 1.03 bits per heavy atom. The number of nitrogens with zero attached hydrogens (tertiary/aromatic N) is 4. The van der Waals surface area contributed by atoms with E-state index in [4.69, 9.17) is 33.2 Å². The molecule has 36 heavy (non-hydrogen) atoms. The van der Waals surface area contributed by atoms with Gasteiger partial charge >= 0.3 is 6.03 Å². The molecule has 0 bridgehead atoms. The molecule has 0 radical (unpaired) electrons. The number of rotatable bonds is 7. The second-order valence-electron chi connectivity index (χ2n) is 8.72. The zero-order chi connectivity index (χ0) is 26.0. The van der Waals surface area contributed by atoms with Gasteiger partial charge in [0.1, 0.15) is 17.4 Å². The molecule has 4 rings (SSSR count). The average molecular weight is 526 g/mol. The number of hydrogen-bond donors (Lipinski definition) is 1. The summed E-state index contributed by atoms with van der Waals surface area (Å²) in [4.78, 5) is 28.8. The normalized spacial score (nSPS) is 14.8. The van der Waals surface area contributed by atoms with Crippen molar-refractivity contribution in [1.29, 1.82) is 5.26 Å². The predicted molar refractivity (Wildman–Crippen MR) is 134 cm³/mol. The summed E-state index contributed by atoms with van der Waals surface area (Å²) in [5.41, 5.74) is 1.29. The molecule has 1 fully saturated rings. The highest BCUT2D eigenvalue weighted by Crippen LogP contribution is 2.34. The van der Waals surface area contributed by atoms with Crippen molar-refractivity contribution < 1.29 is 24.3 Å². The van der Waals surface area contributed by atoms with Gasteiger partial charge in [0.15, 0.2) is 0 Å². The van der Waals surface area contributed by atoms with Crippen LogP contribution in [0, 0.1) is 11.3 Å². The number of imide groups is 1. The third kappa shape index (κ3) is 4.81. The van der Waals surface area contributed by atoms with E-state index in [1.807, 2.05) is 12.1 Å². The third-order valence-electron chi connectivity index (χ3n) is 6.02. The Balaban J connectivity index is 1.39. The van der Waals surface area contributed by atoms with Gasteiger partial charge in [-0.05, 0) is 61.7 Å². The van der Waals surface area contributed by atoms with Crippen molar-refractivity contribution >= 4 is 40.8 Å². The quantitative estimate of drug-likeness (QED) is 0.201. The monoisotopic (exact) mass is 525 g/mol. The standard InChI is InChI=1S/C26H23Cl2N4O4/c1-26(2)24(33)32(20-6-4-19(16-29)21(27)15-20)25(34)31(26)10-3-13-36-23-7-5-18(14-22(23)28)17-8-11-30(35)12-9-17/h4-9,11-12,14-15,35H,3,10,13H2,1-2H3/q+1. The van der Waals surface area contributed by atoms with Crippen molar-refractivity contribution in [1.82, 2.24) is 4.90 Å². The first-order valence-corrected chi connectivity index (χ1v) is 11.9. The number of benzene rings is 2. The number of urea groups is 1. The molecule has 0 spiro atoms. The summed E-state index contributed by atoms with van der Waals surface area (Å²) in [6.45, 7) is 3.96. The van der Waals surface area contributed by atoms with E-state index in [-0.39, 0.29) is 23.1 Å². The van der Waals surface area contributed by atoms with Gasteiger partial charge in [-0.1, -0.05) is 29.3 Å². The molecule has 0 atom stereocenters. The summed E-state index contributed by atoms with van der Waals surface area (Å²) in [5.74, 6) is 0.131. The fourth-order valence-corrected chi connectivity index (χ4v) is 4.44. The lowest BCUT2D eigenvalue weighted by Crippen LogP contribution is -2.44. The summed E-state index contributed by atoms with van der Waals surface area (Å²) in [5, 5.41) is 19.1. The van der Waals surface area contributed by atoms with Gasteiger partial charge < -0.3 is 9.64 Å². The van der Waals surface area contributed by atoms with Crippen LogP contribution in [0.3, 0.4) is 0 Å². The Morgan fingerprint density at radius 2 is 1.75 bits per heavy atom. The molecule has 0 saturated carbocycles. The van der Waals surface area contributed by atoms with Crippen molar-refractivity contribution in [3.8, 4) is 22.9 Å². The average Bonchev–Trinajstić information content (AvgIpc) is 3.01. The van der Waals surface area contributed by atoms with E-state index in [1.165, 1.54) is 35.5 Å². The van der Waals surface area contributed by atoms with Gasteiger partial charge in [-0.25, -0.2) is 9.69 Å². The lowest BCUT2D eigenvalue weighted by molar-refractivity contribution is -0.904. The van der Waals surface area contributed by atoms with Crippen LogP contribution in [0.1, 0.15) is 25.8 Å². The second kappa shape index (κ2) is 10.1. The number of hydrogen-bond acceptors (Lipinski definition) is 5. The second-order valence-corrected chi connectivity index (χ2v) is 9.54. The number of ether oxygens (including phenoxy) is 1. The molecule has 1 N–H and O–H groups in total. The maximum Gasteiger partial charge on any atom is 0.332 e. The summed E-state index contributed by atoms with van der Waals surface area (Å²) < 4.78 is 6.79. The van der Waals surface area contributed by atoms with Gasteiger partial charge in [-0.15, -0.1) is 0 Å². The number of amides is 3. The highest BCUT2D eigenvalue weighted by Gasteiger charge is 2.51. The van der Waals surface area contributed by atoms with E-state index < -0.39 is 11.6 Å². The molecule has 3 amide bonds. The van der Waals surface area contributed by atoms with E-state index in [9.17, 15) is 14.8 Å². The van der Waals surface area contributed by atoms with Gasteiger partial charge in [0.25, 0.3) is 5.91 Å². The Labute approximate surface area is 218 Å². The molecular formula is C26H23Cl2N4O4+. The van der Waals surface area contributed by atoms with Crippen LogP contribution in [0.15, 0.2) is 60.9 Å². The molecule has 10 heteroatoms. The van der Waals surface area contributed by atoms with Gasteiger partial charge in [0, 0.05) is 23.4 Å². The third-order valence-corrected chi connectivity index (χ3v) is 6.63. The van der Waals surface area contributed by atoms with Crippen LogP contribution in [0.4, 0.5) is 10.5 Å². The Morgan fingerprint density at radius 3 is 2.39 bits per heavy atom. The first-order chi connectivity index (χ1) is 17.1. The number of carbonyl (C=O) groups excluding carboxylic acids is 2. The number of anilines is 1. The molecule has 1 saturated heterocycles. The first-order valence-electron chi connectivity index (χ1n) is 11.1. The molecule has 1 aliphatic rings. The first kappa shape index (κ1) is 25.3. The molecule has 184 valence electrons. The SMILES string of the molecule is CC1(C)C(=O)N(c2ccc(C#N)c(Cl)c2)C(=O)N1CCCOc1ccc(-c2cc[n+](O)cc2)cc1Cl. The van der Waals surface area contributed by atoms with E-state index in [0.29, 0.717) is 29.4 Å². The smallest absolute Gasteiger partial charge is 0.332 e. The molecule has 2 heterocycles. The van der Waals surface area contributed by atoms with Crippen LogP contribution < -0.4 is 14.4 Å². The van der Waals surface area contributed by atoms with Crippen LogP contribution in [0.25, 0.3) is 11.1 Å².